The molecule has 0 saturated carbocycles. The number of carbonyl (C=O) groups is 3. The fourth-order valence-electron chi connectivity index (χ4n) is 3.30. The Bertz CT molecular complexity index is 837. The maximum absolute atomic E-state index is 12.6. The van der Waals surface area contributed by atoms with Gasteiger partial charge in [0.25, 0.3) is 5.91 Å². The van der Waals surface area contributed by atoms with Gasteiger partial charge in [-0.05, 0) is 32.8 Å². The number of aryl methyl sites for hydroxylation is 2. The van der Waals surface area contributed by atoms with E-state index in [9.17, 15) is 14.4 Å². The van der Waals surface area contributed by atoms with Gasteiger partial charge >= 0.3 is 5.97 Å². The van der Waals surface area contributed by atoms with Crippen molar-refractivity contribution in [3.8, 4) is 0 Å². The van der Waals surface area contributed by atoms with Crippen molar-refractivity contribution in [1.82, 2.24) is 20.0 Å². The van der Waals surface area contributed by atoms with Crippen molar-refractivity contribution >= 4 is 39.3 Å². The number of rotatable bonds is 4. The first-order chi connectivity index (χ1) is 12.3. The largest absolute Gasteiger partial charge is 0.481 e. The second kappa shape index (κ2) is 7.06. The highest BCUT2D eigenvalue weighted by molar-refractivity contribution is 7.20. The van der Waals surface area contributed by atoms with Crippen LogP contribution in [0.4, 0.5) is 0 Å². The van der Waals surface area contributed by atoms with Gasteiger partial charge in [-0.2, -0.15) is 5.10 Å². The molecule has 2 aromatic rings. The molecule has 1 aliphatic rings. The summed E-state index contributed by atoms with van der Waals surface area (Å²) in [6.07, 6.45) is 1.24. The van der Waals surface area contributed by atoms with E-state index in [4.69, 9.17) is 5.11 Å². The Morgan fingerprint density at radius 2 is 2.15 bits per heavy atom. The van der Waals surface area contributed by atoms with E-state index in [0.717, 1.165) is 15.9 Å². The van der Waals surface area contributed by atoms with Crippen LogP contribution in [0.15, 0.2) is 6.07 Å². The molecule has 1 fully saturated rings. The number of nitrogens with zero attached hydrogens (tertiary/aromatic N) is 3. The number of piperidine rings is 1. The Hall–Kier alpha value is -2.42. The summed E-state index contributed by atoms with van der Waals surface area (Å²) in [5, 5.41) is 17.1. The standard InChI is InChI=1S/C17H22N4O4S/c1-9-12-7-13(26-16(12)20(3)19-9)14(22)18-10(2)15(23)21-6-4-5-11(8-21)17(24)25/h7,10-11H,4-6,8H2,1-3H3,(H,18,22)(H,24,25). The molecule has 2 N–H and O–H groups in total. The van der Waals surface area contributed by atoms with Crippen LogP contribution in [0.3, 0.4) is 0 Å². The third-order valence-corrected chi connectivity index (χ3v) is 5.92. The van der Waals surface area contributed by atoms with Gasteiger partial charge < -0.3 is 15.3 Å². The highest BCUT2D eigenvalue weighted by Gasteiger charge is 2.31. The minimum atomic E-state index is -0.881. The number of likely N-dealkylation sites (tertiary alicyclic amines) is 1. The van der Waals surface area contributed by atoms with Gasteiger partial charge in [-0.3, -0.25) is 19.1 Å². The van der Waals surface area contributed by atoms with Gasteiger partial charge in [-0.15, -0.1) is 11.3 Å². The Morgan fingerprint density at radius 1 is 1.42 bits per heavy atom. The smallest absolute Gasteiger partial charge is 0.308 e. The lowest BCUT2D eigenvalue weighted by atomic mass is 9.98. The number of hydrogen-bond donors (Lipinski definition) is 2. The number of fused-ring (bicyclic) bond motifs is 1. The summed E-state index contributed by atoms with van der Waals surface area (Å²) in [5.74, 6) is -1.97. The van der Waals surface area contributed by atoms with Crippen LogP contribution >= 0.6 is 11.3 Å². The van der Waals surface area contributed by atoms with Crippen LogP contribution in [-0.4, -0.2) is 56.7 Å². The zero-order valence-electron chi connectivity index (χ0n) is 15.0. The number of carboxylic acids is 1. The fourth-order valence-corrected chi connectivity index (χ4v) is 4.33. The highest BCUT2D eigenvalue weighted by atomic mass is 32.1. The van der Waals surface area contributed by atoms with E-state index in [-0.39, 0.29) is 18.4 Å². The van der Waals surface area contributed by atoms with Crippen LogP contribution in [0.1, 0.15) is 35.1 Å². The minimum absolute atomic E-state index is 0.197. The summed E-state index contributed by atoms with van der Waals surface area (Å²) >= 11 is 1.33. The molecule has 8 nitrogen and oxygen atoms in total. The second-order valence-electron chi connectivity index (χ2n) is 6.70. The molecule has 1 aliphatic heterocycles. The van der Waals surface area contributed by atoms with Crippen molar-refractivity contribution in [3.05, 3.63) is 16.6 Å². The van der Waals surface area contributed by atoms with E-state index in [1.165, 1.54) is 16.2 Å². The summed E-state index contributed by atoms with van der Waals surface area (Å²) in [6, 6.07) is 1.08. The number of amides is 2. The molecule has 2 aromatic heterocycles. The summed E-state index contributed by atoms with van der Waals surface area (Å²) in [5.41, 5.74) is 0.856. The molecule has 1 saturated heterocycles. The normalized spacial score (nSPS) is 18.7. The molecule has 140 valence electrons. The van der Waals surface area contributed by atoms with Crippen molar-refractivity contribution in [2.45, 2.75) is 32.7 Å². The van der Waals surface area contributed by atoms with Gasteiger partial charge in [0.1, 0.15) is 10.9 Å². The van der Waals surface area contributed by atoms with Crippen LogP contribution in [-0.2, 0) is 16.6 Å². The SMILES string of the molecule is Cc1nn(C)c2sc(C(=O)NC(C)C(=O)N3CCCC(C(=O)O)C3)cc12. The molecule has 3 heterocycles. The van der Waals surface area contributed by atoms with Crippen LogP contribution in [0.2, 0.25) is 0 Å². The molecule has 2 amide bonds. The van der Waals surface area contributed by atoms with E-state index < -0.39 is 17.9 Å². The molecule has 3 rings (SSSR count). The predicted octanol–water partition coefficient (Wildman–Crippen LogP) is 1.38. The monoisotopic (exact) mass is 378 g/mol. The minimum Gasteiger partial charge on any atom is -0.481 e. The van der Waals surface area contributed by atoms with E-state index >= 15 is 0 Å². The Morgan fingerprint density at radius 3 is 2.81 bits per heavy atom. The van der Waals surface area contributed by atoms with E-state index in [1.54, 1.807) is 17.7 Å². The van der Waals surface area contributed by atoms with Crippen molar-refractivity contribution in [2.75, 3.05) is 13.1 Å². The van der Waals surface area contributed by atoms with Crippen LogP contribution in [0.25, 0.3) is 10.2 Å². The molecule has 0 aliphatic carbocycles. The van der Waals surface area contributed by atoms with Crippen molar-refractivity contribution in [2.24, 2.45) is 13.0 Å². The maximum Gasteiger partial charge on any atom is 0.308 e. The third kappa shape index (κ3) is 3.44. The first kappa shape index (κ1) is 18.4. The molecular weight excluding hydrogens is 356 g/mol. The molecule has 9 heteroatoms. The lowest BCUT2D eigenvalue weighted by molar-refractivity contribution is -0.146. The predicted molar refractivity (Wildman–Crippen MR) is 97.2 cm³/mol. The van der Waals surface area contributed by atoms with Gasteiger partial charge in [0, 0.05) is 25.5 Å². The molecule has 0 bridgehead atoms. The molecule has 0 spiro atoms. The molecule has 2 unspecified atom stereocenters. The van der Waals surface area contributed by atoms with E-state index in [0.29, 0.717) is 24.3 Å². The molecular formula is C17H22N4O4S. The second-order valence-corrected chi connectivity index (χ2v) is 7.73. The van der Waals surface area contributed by atoms with Gasteiger partial charge in [0.05, 0.1) is 16.5 Å². The molecule has 2 atom stereocenters. The molecule has 0 radical (unpaired) electrons. The van der Waals surface area contributed by atoms with Gasteiger partial charge in [-0.25, -0.2) is 0 Å². The summed E-state index contributed by atoms with van der Waals surface area (Å²) in [4.78, 5) is 39.2. The lowest BCUT2D eigenvalue weighted by Crippen LogP contribution is -2.50. The number of carboxylic acid groups (broad SMARTS) is 1. The molecule has 26 heavy (non-hydrogen) atoms. The zero-order valence-corrected chi connectivity index (χ0v) is 15.8. The molecule has 0 aromatic carbocycles. The number of nitrogens with one attached hydrogen (secondary N) is 1. The summed E-state index contributed by atoms with van der Waals surface area (Å²) in [6.45, 7) is 4.24. The highest BCUT2D eigenvalue weighted by Crippen LogP contribution is 2.27. The summed E-state index contributed by atoms with van der Waals surface area (Å²) in [7, 11) is 1.83. The summed E-state index contributed by atoms with van der Waals surface area (Å²) < 4.78 is 1.74. The lowest BCUT2D eigenvalue weighted by Gasteiger charge is -2.32. The van der Waals surface area contributed by atoms with Gasteiger partial charge in [0.15, 0.2) is 0 Å². The number of carbonyl (C=O) groups excluding carboxylic acids is 2. The number of aromatic nitrogens is 2. The van der Waals surface area contributed by atoms with Crippen molar-refractivity contribution in [1.29, 1.82) is 0 Å². The Kier molecular flexibility index (Phi) is 4.99. The number of aliphatic carboxylic acids is 1. The third-order valence-electron chi connectivity index (χ3n) is 4.72. The fraction of sp³-hybridized carbons (Fsp3) is 0.529. The number of hydrogen-bond acceptors (Lipinski definition) is 5. The first-order valence-electron chi connectivity index (χ1n) is 8.53. The average Bonchev–Trinajstić information content (AvgIpc) is 3.16. The Balaban J connectivity index is 1.67. The maximum atomic E-state index is 12.6. The topological polar surface area (TPSA) is 105 Å². The van der Waals surface area contributed by atoms with Crippen molar-refractivity contribution < 1.29 is 19.5 Å². The zero-order chi connectivity index (χ0) is 19.0. The van der Waals surface area contributed by atoms with E-state index in [1.807, 2.05) is 14.0 Å². The van der Waals surface area contributed by atoms with Crippen molar-refractivity contribution in [3.63, 3.8) is 0 Å². The average molecular weight is 378 g/mol. The Labute approximate surface area is 154 Å². The van der Waals surface area contributed by atoms with Crippen LogP contribution in [0.5, 0.6) is 0 Å². The first-order valence-corrected chi connectivity index (χ1v) is 9.35. The number of thiophene rings is 1. The van der Waals surface area contributed by atoms with Crippen LogP contribution in [0, 0.1) is 12.8 Å². The van der Waals surface area contributed by atoms with Gasteiger partial charge in [0.2, 0.25) is 5.91 Å². The van der Waals surface area contributed by atoms with E-state index in [2.05, 4.69) is 10.4 Å². The quantitative estimate of drug-likeness (QED) is 0.836. The van der Waals surface area contributed by atoms with Crippen LogP contribution < -0.4 is 5.32 Å². The van der Waals surface area contributed by atoms with Gasteiger partial charge in [-0.1, -0.05) is 0 Å².